The molecule has 0 heterocycles. The standard InChI is InChI=1S/C30H52O6/c1-18(7-12-26(33)35-17-27(34)36-28(2,3)4)22-10-11-23-21-9-8-19-15-20(31)13-14-29(19,5)24(21)16-25(32)30(22,23)6/h18-25,27,31-32,34H,7-17H2,1-6H3. The van der Waals surface area contributed by atoms with Crippen molar-refractivity contribution in [2.45, 2.75) is 130 Å². The second-order valence-electron chi connectivity index (χ2n) is 14.3. The van der Waals surface area contributed by atoms with Gasteiger partial charge in [0.05, 0.1) is 17.8 Å². The molecule has 11 atom stereocenters. The molecule has 0 radical (unpaired) electrons. The highest BCUT2D eigenvalue weighted by Gasteiger charge is 2.63. The molecule has 4 aliphatic rings. The molecule has 36 heavy (non-hydrogen) atoms. The lowest BCUT2D eigenvalue weighted by Gasteiger charge is -2.62. The van der Waals surface area contributed by atoms with Gasteiger partial charge in [0.2, 0.25) is 0 Å². The normalized spacial score (nSPS) is 44.2. The van der Waals surface area contributed by atoms with Gasteiger partial charge < -0.3 is 24.8 Å². The quantitative estimate of drug-likeness (QED) is 0.328. The number of aliphatic hydroxyl groups is 3. The Hall–Kier alpha value is -0.690. The molecule has 6 heteroatoms. The fraction of sp³-hybridized carbons (Fsp3) is 0.967. The lowest BCUT2D eigenvalue weighted by molar-refractivity contribution is -0.195. The summed E-state index contributed by atoms with van der Waals surface area (Å²) in [5.41, 5.74) is -0.346. The Morgan fingerprint density at radius 2 is 1.75 bits per heavy atom. The minimum Gasteiger partial charge on any atom is -0.460 e. The molecule has 4 saturated carbocycles. The van der Waals surface area contributed by atoms with Crippen molar-refractivity contribution in [2.75, 3.05) is 6.61 Å². The van der Waals surface area contributed by atoms with E-state index in [4.69, 9.17) is 9.47 Å². The molecular weight excluding hydrogens is 456 g/mol. The van der Waals surface area contributed by atoms with Gasteiger partial charge in [0, 0.05) is 6.42 Å². The maximum absolute atomic E-state index is 12.4. The highest BCUT2D eigenvalue weighted by Crippen LogP contribution is 2.68. The number of fused-ring (bicyclic) bond motifs is 5. The van der Waals surface area contributed by atoms with Gasteiger partial charge in [-0.1, -0.05) is 20.8 Å². The molecule has 4 aliphatic carbocycles. The SMILES string of the molecule is CC(CCC(=O)OCC(O)OC(C)(C)C)C1CCC2C3CCC4CC(O)CCC4(C)C3CC(O)C12C. The fourth-order valence-corrected chi connectivity index (χ4v) is 9.39. The summed E-state index contributed by atoms with van der Waals surface area (Å²) in [6.07, 6.45) is 8.06. The third-order valence-corrected chi connectivity index (χ3v) is 11.2. The molecule has 0 aromatic carbocycles. The summed E-state index contributed by atoms with van der Waals surface area (Å²) >= 11 is 0. The highest BCUT2D eigenvalue weighted by atomic mass is 16.6. The second kappa shape index (κ2) is 10.5. The Morgan fingerprint density at radius 1 is 1.03 bits per heavy atom. The van der Waals surface area contributed by atoms with E-state index in [-0.39, 0.29) is 35.6 Å². The molecule has 0 bridgehead atoms. The van der Waals surface area contributed by atoms with Crippen molar-refractivity contribution in [1.29, 1.82) is 0 Å². The van der Waals surface area contributed by atoms with Crippen molar-refractivity contribution < 1.29 is 29.6 Å². The minimum absolute atomic E-state index is 0.0986. The van der Waals surface area contributed by atoms with E-state index in [1.807, 2.05) is 20.8 Å². The van der Waals surface area contributed by atoms with Crippen LogP contribution >= 0.6 is 0 Å². The van der Waals surface area contributed by atoms with E-state index in [2.05, 4.69) is 20.8 Å². The van der Waals surface area contributed by atoms with E-state index in [1.54, 1.807) is 0 Å². The Bertz CT molecular complexity index is 778. The third-order valence-electron chi connectivity index (χ3n) is 11.2. The van der Waals surface area contributed by atoms with E-state index in [0.29, 0.717) is 41.9 Å². The van der Waals surface area contributed by atoms with Crippen molar-refractivity contribution in [1.82, 2.24) is 0 Å². The highest BCUT2D eigenvalue weighted by molar-refractivity contribution is 5.69. The Morgan fingerprint density at radius 3 is 2.44 bits per heavy atom. The van der Waals surface area contributed by atoms with E-state index in [9.17, 15) is 20.1 Å². The van der Waals surface area contributed by atoms with Gasteiger partial charge in [-0.3, -0.25) is 4.79 Å². The number of ether oxygens (including phenoxy) is 2. The Kier molecular flexibility index (Phi) is 8.23. The smallest absolute Gasteiger partial charge is 0.305 e. The van der Waals surface area contributed by atoms with Crippen LogP contribution in [0, 0.1) is 46.3 Å². The first-order valence-corrected chi connectivity index (χ1v) is 14.6. The Labute approximate surface area is 218 Å². The van der Waals surface area contributed by atoms with Gasteiger partial charge in [-0.15, -0.1) is 0 Å². The van der Waals surface area contributed by atoms with Crippen LogP contribution in [-0.2, 0) is 14.3 Å². The molecule has 4 rings (SSSR count). The van der Waals surface area contributed by atoms with E-state index >= 15 is 0 Å². The van der Waals surface area contributed by atoms with Crippen molar-refractivity contribution in [3.05, 3.63) is 0 Å². The van der Waals surface area contributed by atoms with Crippen molar-refractivity contribution in [3.8, 4) is 0 Å². The molecule has 0 saturated heterocycles. The maximum atomic E-state index is 12.4. The van der Waals surface area contributed by atoms with Crippen LogP contribution in [0.15, 0.2) is 0 Å². The van der Waals surface area contributed by atoms with Gasteiger partial charge in [-0.2, -0.15) is 0 Å². The molecule has 0 amide bonds. The molecule has 3 N–H and O–H groups in total. The number of hydrogen-bond acceptors (Lipinski definition) is 6. The molecule has 0 aliphatic heterocycles. The summed E-state index contributed by atoms with van der Waals surface area (Å²) in [4.78, 5) is 12.4. The van der Waals surface area contributed by atoms with Crippen LogP contribution in [-0.4, -0.2) is 52.0 Å². The van der Waals surface area contributed by atoms with E-state index < -0.39 is 11.9 Å². The number of carbonyl (C=O) groups excluding carboxylic acids is 1. The minimum atomic E-state index is -1.12. The van der Waals surface area contributed by atoms with Gasteiger partial charge in [-0.25, -0.2) is 0 Å². The molecule has 4 fully saturated rings. The third kappa shape index (κ3) is 5.39. The van der Waals surface area contributed by atoms with Gasteiger partial charge >= 0.3 is 5.97 Å². The Balaban J connectivity index is 1.35. The maximum Gasteiger partial charge on any atom is 0.305 e. The first-order valence-electron chi connectivity index (χ1n) is 14.6. The van der Waals surface area contributed by atoms with Crippen molar-refractivity contribution in [2.24, 2.45) is 46.3 Å². The van der Waals surface area contributed by atoms with E-state index in [0.717, 1.165) is 38.5 Å². The van der Waals surface area contributed by atoms with Crippen LogP contribution < -0.4 is 0 Å². The molecule has 11 unspecified atom stereocenters. The number of esters is 1. The lowest BCUT2D eigenvalue weighted by atomic mass is 9.43. The van der Waals surface area contributed by atoms with E-state index in [1.165, 1.54) is 19.3 Å². The molecule has 0 aromatic heterocycles. The lowest BCUT2D eigenvalue weighted by Crippen LogP contribution is -2.58. The van der Waals surface area contributed by atoms with Crippen LogP contribution in [0.4, 0.5) is 0 Å². The summed E-state index contributed by atoms with van der Waals surface area (Å²) < 4.78 is 10.7. The zero-order valence-corrected chi connectivity index (χ0v) is 23.5. The first kappa shape index (κ1) is 28.3. The van der Waals surface area contributed by atoms with Crippen LogP contribution in [0.3, 0.4) is 0 Å². The predicted molar refractivity (Wildman–Crippen MR) is 139 cm³/mol. The van der Waals surface area contributed by atoms with Crippen molar-refractivity contribution in [3.63, 3.8) is 0 Å². The number of hydrogen-bond donors (Lipinski definition) is 3. The first-order chi connectivity index (χ1) is 16.8. The topological polar surface area (TPSA) is 96.2 Å². The molecular formula is C30H52O6. The number of aliphatic hydroxyl groups excluding tert-OH is 3. The summed E-state index contributed by atoms with van der Waals surface area (Å²) in [7, 11) is 0. The van der Waals surface area contributed by atoms with Gasteiger partial charge in [0.15, 0.2) is 6.29 Å². The molecule has 0 spiro atoms. The van der Waals surface area contributed by atoms with Crippen LogP contribution in [0.25, 0.3) is 0 Å². The van der Waals surface area contributed by atoms with Crippen LogP contribution in [0.5, 0.6) is 0 Å². The summed E-state index contributed by atoms with van der Waals surface area (Å²) in [6.45, 7) is 12.4. The molecule has 208 valence electrons. The number of rotatable bonds is 7. The summed E-state index contributed by atoms with van der Waals surface area (Å²) in [6, 6.07) is 0. The summed E-state index contributed by atoms with van der Waals surface area (Å²) in [5, 5.41) is 31.9. The fourth-order valence-electron chi connectivity index (χ4n) is 9.39. The average Bonchev–Trinajstić information content (AvgIpc) is 3.15. The van der Waals surface area contributed by atoms with Gasteiger partial charge in [0.25, 0.3) is 0 Å². The average molecular weight is 509 g/mol. The van der Waals surface area contributed by atoms with Crippen LogP contribution in [0.1, 0.15) is 106 Å². The second-order valence-corrected chi connectivity index (χ2v) is 14.3. The molecule has 0 aromatic rings. The largest absolute Gasteiger partial charge is 0.460 e. The molecule has 6 nitrogen and oxygen atoms in total. The van der Waals surface area contributed by atoms with Gasteiger partial charge in [0.1, 0.15) is 6.61 Å². The zero-order valence-electron chi connectivity index (χ0n) is 23.5. The van der Waals surface area contributed by atoms with Gasteiger partial charge in [-0.05, 0) is 125 Å². The zero-order chi connectivity index (χ0) is 26.5. The van der Waals surface area contributed by atoms with Crippen molar-refractivity contribution >= 4 is 5.97 Å². The van der Waals surface area contributed by atoms with Crippen LogP contribution in [0.2, 0.25) is 0 Å². The predicted octanol–water partition coefficient (Wildman–Crippen LogP) is 5.07. The summed E-state index contributed by atoms with van der Waals surface area (Å²) in [5.74, 6) is 2.79. The number of carbonyl (C=O) groups is 1. The monoisotopic (exact) mass is 508 g/mol.